The first kappa shape index (κ1) is 13.7. The monoisotopic (exact) mass is 266 g/mol. The Morgan fingerprint density at radius 1 is 1.47 bits per heavy atom. The van der Waals surface area contributed by atoms with Gasteiger partial charge in [-0.05, 0) is 19.2 Å². The molecule has 5 nitrogen and oxygen atoms in total. The highest BCUT2D eigenvalue weighted by Gasteiger charge is 2.15. The van der Waals surface area contributed by atoms with Crippen LogP contribution in [0, 0.1) is 0 Å². The Morgan fingerprint density at radius 2 is 2.12 bits per heavy atom. The highest BCUT2D eigenvalue weighted by molar-refractivity contribution is 7.89. The first-order valence-electron chi connectivity index (χ1n) is 4.61. The summed E-state index contributed by atoms with van der Waals surface area (Å²) in [5.41, 5.74) is 5.44. The summed E-state index contributed by atoms with van der Waals surface area (Å²) in [6, 6.07) is 3.65. The Kier molecular flexibility index (Phi) is 4.24. The number of ether oxygens (including phenoxy) is 1. The van der Waals surface area contributed by atoms with Gasteiger partial charge in [0.25, 0.3) is 6.43 Å². The van der Waals surface area contributed by atoms with Crippen molar-refractivity contribution in [3.05, 3.63) is 18.2 Å². The summed E-state index contributed by atoms with van der Waals surface area (Å²) in [7, 11) is -2.41. The van der Waals surface area contributed by atoms with E-state index < -0.39 is 23.1 Å². The predicted octanol–water partition coefficient (Wildman–Crippen LogP) is 0.821. The number of benzene rings is 1. The molecule has 96 valence electrons. The molecule has 0 bridgehead atoms. The van der Waals surface area contributed by atoms with Crippen LogP contribution in [-0.2, 0) is 10.0 Å². The third kappa shape index (κ3) is 3.53. The molecule has 17 heavy (non-hydrogen) atoms. The molecule has 1 aromatic rings. The van der Waals surface area contributed by atoms with Gasteiger partial charge in [0, 0.05) is 6.07 Å². The van der Waals surface area contributed by atoms with Crippen molar-refractivity contribution < 1.29 is 21.9 Å². The molecule has 0 aliphatic rings. The molecule has 0 aliphatic carbocycles. The van der Waals surface area contributed by atoms with E-state index in [2.05, 4.69) is 4.72 Å². The first-order valence-corrected chi connectivity index (χ1v) is 6.09. The van der Waals surface area contributed by atoms with Crippen LogP contribution in [0.1, 0.15) is 0 Å². The summed E-state index contributed by atoms with van der Waals surface area (Å²) in [5, 5.41) is 0. The van der Waals surface area contributed by atoms with Crippen LogP contribution in [0.15, 0.2) is 23.1 Å². The van der Waals surface area contributed by atoms with E-state index >= 15 is 0 Å². The number of hydrogen-bond acceptors (Lipinski definition) is 4. The maximum atomic E-state index is 11.9. The van der Waals surface area contributed by atoms with Gasteiger partial charge in [0.15, 0.2) is 0 Å². The van der Waals surface area contributed by atoms with Crippen molar-refractivity contribution in [2.45, 2.75) is 11.3 Å². The van der Waals surface area contributed by atoms with Gasteiger partial charge in [-0.2, -0.15) is 0 Å². The maximum absolute atomic E-state index is 11.9. The summed E-state index contributed by atoms with van der Waals surface area (Å²) in [4.78, 5) is -0.121. The topological polar surface area (TPSA) is 81.4 Å². The van der Waals surface area contributed by atoms with Crippen LogP contribution in [0.5, 0.6) is 5.75 Å². The lowest BCUT2D eigenvalue weighted by Crippen LogP contribution is -2.20. The van der Waals surface area contributed by atoms with Crippen LogP contribution >= 0.6 is 0 Å². The van der Waals surface area contributed by atoms with E-state index in [4.69, 9.17) is 10.5 Å². The van der Waals surface area contributed by atoms with Crippen LogP contribution in [0.3, 0.4) is 0 Å². The van der Waals surface area contributed by atoms with E-state index in [1.165, 1.54) is 25.2 Å². The number of alkyl halides is 2. The molecule has 0 radical (unpaired) electrons. The van der Waals surface area contributed by atoms with Crippen LogP contribution in [0.4, 0.5) is 14.5 Å². The van der Waals surface area contributed by atoms with Crippen LogP contribution in [0.25, 0.3) is 0 Å². The van der Waals surface area contributed by atoms with E-state index in [0.29, 0.717) is 0 Å². The first-order chi connectivity index (χ1) is 7.86. The molecule has 1 rings (SSSR count). The molecule has 0 spiro atoms. The van der Waals surface area contributed by atoms with Gasteiger partial charge in [0.2, 0.25) is 10.0 Å². The van der Waals surface area contributed by atoms with Gasteiger partial charge in [-0.1, -0.05) is 0 Å². The number of sulfonamides is 1. The highest BCUT2D eigenvalue weighted by atomic mass is 32.2. The Labute approximate surface area is 97.6 Å². The second kappa shape index (κ2) is 5.28. The maximum Gasteiger partial charge on any atom is 0.272 e. The van der Waals surface area contributed by atoms with Crippen LogP contribution < -0.4 is 15.2 Å². The molecule has 0 saturated heterocycles. The minimum absolute atomic E-state index is 0.0638. The van der Waals surface area contributed by atoms with Gasteiger partial charge in [-0.25, -0.2) is 21.9 Å². The van der Waals surface area contributed by atoms with Gasteiger partial charge < -0.3 is 10.5 Å². The SMILES string of the molecule is CNS(=O)(=O)c1ccc(OCC(F)F)cc1N. The van der Waals surface area contributed by atoms with Crippen molar-refractivity contribution >= 4 is 15.7 Å². The summed E-state index contributed by atoms with van der Waals surface area (Å²) < 4.78 is 53.5. The van der Waals surface area contributed by atoms with E-state index in [1.54, 1.807) is 0 Å². The fraction of sp³-hybridized carbons (Fsp3) is 0.333. The normalized spacial score (nSPS) is 11.8. The minimum atomic E-state index is -3.66. The van der Waals surface area contributed by atoms with Crippen molar-refractivity contribution in [2.75, 3.05) is 19.4 Å². The molecule has 0 fully saturated rings. The van der Waals surface area contributed by atoms with E-state index in [-0.39, 0.29) is 16.3 Å². The molecule has 1 aromatic carbocycles. The third-order valence-electron chi connectivity index (χ3n) is 1.92. The molecule has 0 aromatic heterocycles. The molecular weight excluding hydrogens is 254 g/mol. The van der Waals surface area contributed by atoms with Crippen LogP contribution in [-0.4, -0.2) is 28.5 Å². The summed E-state index contributed by atoms with van der Waals surface area (Å²) in [6.07, 6.45) is -2.60. The van der Waals surface area contributed by atoms with Crippen molar-refractivity contribution in [3.8, 4) is 5.75 Å². The summed E-state index contributed by atoms with van der Waals surface area (Å²) >= 11 is 0. The lowest BCUT2D eigenvalue weighted by atomic mass is 10.3. The standard InChI is InChI=1S/C9H12F2N2O3S/c1-13-17(14,15)8-3-2-6(4-7(8)12)16-5-9(10)11/h2-4,9,13H,5,12H2,1H3. The van der Waals surface area contributed by atoms with Crippen molar-refractivity contribution in [1.29, 1.82) is 0 Å². The molecule has 3 N–H and O–H groups in total. The number of nitrogens with two attached hydrogens (primary N) is 1. The second-order valence-electron chi connectivity index (χ2n) is 3.11. The molecular formula is C9H12F2N2O3S. The number of rotatable bonds is 5. The van der Waals surface area contributed by atoms with Crippen molar-refractivity contribution in [2.24, 2.45) is 0 Å². The van der Waals surface area contributed by atoms with Crippen LogP contribution in [0.2, 0.25) is 0 Å². The molecule has 0 amide bonds. The summed E-state index contributed by atoms with van der Waals surface area (Å²) in [6.45, 7) is -0.766. The Morgan fingerprint density at radius 3 is 2.59 bits per heavy atom. The Balaban J connectivity index is 2.95. The number of nitrogens with one attached hydrogen (secondary N) is 1. The smallest absolute Gasteiger partial charge is 0.272 e. The zero-order valence-electron chi connectivity index (χ0n) is 8.98. The van der Waals surface area contributed by atoms with Crippen molar-refractivity contribution in [1.82, 2.24) is 4.72 Å². The highest BCUT2D eigenvalue weighted by Crippen LogP contribution is 2.23. The van der Waals surface area contributed by atoms with Gasteiger partial charge >= 0.3 is 0 Å². The Bertz CT molecular complexity index is 491. The molecule has 0 aliphatic heterocycles. The quantitative estimate of drug-likeness (QED) is 0.773. The average Bonchev–Trinajstić information content (AvgIpc) is 2.26. The molecule has 0 heterocycles. The zero-order valence-corrected chi connectivity index (χ0v) is 9.80. The van der Waals surface area contributed by atoms with Gasteiger partial charge in [0.1, 0.15) is 17.3 Å². The van der Waals surface area contributed by atoms with E-state index in [0.717, 1.165) is 0 Å². The zero-order chi connectivity index (χ0) is 13.1. The molecule has 0 unspecified atom stereocenters. The number of hydrogen-bond donors (Lipinski definition) is 2. The van der Waals surface area contributed by atoms with Gasteiger partial charge in [0.05, 0.1) is 5.69 Å². The van der Waals surface area contributed by atoms with E-state index in [9.17, 15) is 17.2 Å². The number of nitrogen functional groups attached to an aromatic ring is 1. The number of anilines is 1. The molecule has 0 saturated carbocycles. The second-order valence-corrected chi connectivity index (χ2v) is 4.96. The fourth-order valence-corrected chi connectivity index (χ4v) is 1.97. The lowest BCUT2D eigenvalue weighted by molar-refractivity contribution is 0.0819. The minimum Gasteiger partial charge on any atom is -0.488 e. The van der Waals surface area contributed by atoms with E-state index in [1.807, 2.05) is 0 Å². The summed E-state index contributed by atoms with van der Waals surface area (Å²) in [5.74, 6) is 0.0952. The number of halogens is 2. The molecule has 0 atom stereocenters. The van der Waals surface area contributed by atoms with Gasteiger partial charge in [-0.3, -0.25) is 0 Å². The fourth-order valence-electron chi connectivity index (χ4n) is 1.13. The predicted molar refractivity (Wildman–Crippen MR) is 58.6 cm³/mol. The van der Waals surface area contributed by atoms with Crippen molar-refractivity contribution in [3.63, 3.8) is 0 Å². The third-order valence-corrected chi connectivity index (χ3v) is 3.40. The molecule has 8 heteroatoms. The lowest BCUT2D eigenvalue weighted by Gasteiger charge is -2.09. The average molecular weight is 266 g/mol. The van der Waals surface area contributed by atoms with Gasteiger partial charge in [-0.15, -0.1) is 0 Å². The largest absolute Gasteiger partial charge is 0.488 e. The Hall–Kier alpha value is -1.41.